The number of thiazole rings is 1. The number of fused-ring (bicyclic) bond motifs is 1. The van der Waals surface area contributed by atoms with E-state index in [4.69, 9.17) is 9.15 Å². The Hall–Kier alpha value is -2.90. The molecule has 0 spiro atoms. The molecule has 0 unspecified atom stereocenters. The Kier molecular flexibility index (Phi) is 6.01. The van der Waals surface area contributed by atoms with Crippen molar-refractivity contribution in [3.8, 4) is 0 Å². The molecule has 0 fully saturated rings. The minimum Gasteiger partial charge on any atom is -0.457 e. The lowest BCUT2D eigenvalue weighted by atomic mass is 10.1. The van der Waals surface area contributed by atoms with Gasteiger partial charge in [0.2, 0.25) is 0 Å². The van der Waals surface area contributed by atoms with Crippen LogP contribution in [0.25, 0.3) is 11.0 Å². The molecule has 5 nitrogen and oxygen atoms in total. The molecule has 0 bridgehead atoms. The summed E-state index contributed by atoms with van der Waals surface area (Å²) in [5.41, 5.74) is 3.12. The van der Waals surface area contributed by atoms with Crippen molar-refractivity contribution >= 4 is 40.0 Å². The smallest absolute Gasteiger partial charge is 0.339 e. The first-order valence-corrected chi connectivity index (χ1v) is 11.2. The number of hydrogen-bond acceptors (Lipinski definition) is 7. The quantitative estimate of drug-likeness (QED) is 0.225. The van der Waals surface area contributed by atoms with Crippen LogP contribution in [-0.2, 0) is 17.1 Å². The molecular weight excluding hydrogens is 418 g/mol. The summed E-state index contributed by atoms with van der Waals surface area (Å²) in [6.45, 7) is 3.89. The standard InChI is InChI=1S/C23H19NO4S2/c1-14-7-8-18-16(10-22(25)28-20(18)9-14)11-27-23(26)19-5-3-4-6-21(19)30-13-17-12-29-15(2)24-17/h3-10,12H,11,13H2,1-2H3. The van der Waals surface area contributed by atoms with E-state index in [1.807, 2.05) is 49.6 Å². The molecule has 2 aromatic heterocycles. The summed E-state index contributed by atoms with van der Waals surface area (Å²) in [6, 6.07) is 14.3. The normalized spacial score (nSPS) is 11.0. The molecular formula is C23H19NO4S2. The molecule has 0 saturated heterocycles. The van der Waals surface area contributed by atoms with Gasteiger partial charge in [0.25, 0.3) is 0 Å². The van der Waals surface area contributed by atoms with E-state index in [2.05, 4.69) is 4.98 Å². The van der Waals surface area contributed by atoms with Crippen LogP contribution in [0, 0.1) is 13.8 Å². The van der Waals surface area contributed by atoms with Crippen LogP contribution in [0.4, 0.5) is 0 Å². The van der Waals surface area contributed by atoms with E-state index in [9.17, 15) is 9.59 Å². The molecule has 4 rings (SSSR count). The average Bonchev–Trinajstić information content (AvgIpc) is 3.15. The van der Waals surface area contributed by atoms with Crippen LogP contribution in [0.15, 0.2) is 68.0 Å². The van der Waals surface area contributed by atoms with E-state index < -0.39 is 11.6 Å². The fourth-order valence-electron chi connectivity index (χ4n) is 3.06. The molecule has 0 N–H and O–H groups in total. The summed E-state index contributed by atoms with van der Waals surface area (Å²) in [5.74, 6) is 0.249. The number of thioether (sulfide) groups is 1. The van der Waals surface area contributed by atoms with Gasteiger partial charge in [0.05, 0.1) is 16.3 Å². The van der Waals surface area contributed by atoms with Crippen LogP contribution in [0.2, 0.25) is 0 Å². The van der Waals surface area contributed by atoms with Gasteiger partial charge < -0.3 is 9.15 Å². The Morgan fingerprint density at radius 3 is 2.80 bits per heavy atom. The minimum atomic E-state index is -0.464. The lowest BCUT2D eigenvalue weighted by molar-refractivity contribution is 0.0469. The van der Waals surface area contributed by atoms with Crippen molar-refractivity contribution in [1.29, 1.82) is 0 Å². The maximum Gasteiger partial charge on any atom is 0.339 e. The lowest BCUT2D eigenvalue weighted by Crippen LogP contribution is -2.09. The van der Waals surface area contributed by atoms with Crippen LogP contribution in [-0.4, -0.2) is 11.0 Å². The highest BCUT2D eigenvalue weighted by molar-refractivity contribution is 7.98. The van der Waals surface area contributed by atoms with Crippen molar-refractivity contribution in [3.63, 3.8) is 0 Å². The van der Waals surface area contributed by atoms with Crippen LogP contribution >= 0.6 is 23.1 Å². The highest BCUT2D eigenvalue weighted by Gasteiger charge is 2.15. The van der Waals surface area contributed by atoms with Crippen molar-refractivity contribution in [1.82, 2.24) is 4.98 Å². The number of ether oxygens (including phenoxy) is 1. The molecule has 0 atom stereocenters. The van der Waals surface area contributed by atoms with Crippen LogP contribution in [0.5, 0.6) is 0 Å². The van der Waals surface area contributed by atoms with Crippen molar-refractivity contribution in [2.75, 3.05) is 0 Å². The van der Waals surface area contributed by atoms with E-state index >= 15 is 0 Å². The highest BCUT2D eigenvalue weighted by Crippen LogP contribution is 2.28. The summed E-state index contributed by atoms with van der Waals surface area (Å²) in [7, 11) is 0. The molecule has 2 aromatic carbocycles. The topological polar surface area (TPSA) is 69.4 Å². The Balaban J connectivity index is 1.51. The zero-order valence-corrected chi connectivity index (χ0v) is 18.1. The molecule has 30 heavy (non-hydrogen) atoms. The van der Waals surface area contributed by atoms with Gasteiger partial charge in [-0.25, -0.2) is 14.6 Å². The minimum absolute atomic E-state index is 0.00568. The molecule has 0 aliphatic heterocycles. The zero-order chi connectivity index (χ0) is 21.1. The first-order chi connectivity index (χ1) is 14.5. The van der Waals surface area contributed by atoms with Gasteiger partial charge in [-0.3, -0.25) is 0 Å². The van der Waals surface area contributed by atoms with Crippen molar-refractivity contribution in [3.05, 3.63) is 91.7 Å². The Morgan fingerprint density at radius 1 is 1.17 bits per heavy atom. The van der Waals surface area contributed by atoms with Gasteiger partial charge in [-0.2, -0.15) is 0 Å². The van der Waals surface area contributed by atoms with E-state index in [-0.39, 0.29) is 6.61 Å². The summed E-state index contributed by atoms with van der Waals surface area (Å²) in [6.07, 6.45) is 0. The Labute approximate surface area is 181 Å². The summed E-state index contributed by atoms with van der Waals surface area (Å²) in [4.78, 5) is 30.0. The third-order valence-electron chi connectivity index (χ3n) is 4.49. The average molecular weight is 438 g/mol. The maximum absolute atomic E-state index is 12.8. The van der Waals surface area contributed by atoms with E-state index in [1.165, 1.54) is 6.07 Å². The van der Waals surface area contributed by atoms with Gasteiger partial charge in [-0.1, -0.05) is 24.3 Å². The number of carbonyl (C=O) groups is 1. The maximum atomic E-state index is 12.8. The second kappa shape index (κ2) is 8.85. The van der Waals surface area contributed by atoms with Crippen molar-refractivity contribution in [2.24, 2.45) is 0 Å². The second-order valence-electron chi connectivity index (χ2n) is 6.81. The van der Waals surface area contributed by atoms with Gasteiger partial charge in [0, 0.05) is 33.0 Å². The predicted molar refractivity (Wildman–Crippen MR) is 119 cm³/mol. The molecule has 0 amide bonds. The Bertz CT molecular complexity index is 1280. The summed E-state index contributed by atoms with van der Waals surface area (Å²) in [5, 5.41) is 3.81. The monoisotopic (exact) mass is 437 g/mol. The van der Waals surface area contributed by atoms with Gasteiger partial charge in [0.1, 0.15) is 12.2 Å². The van der Waals surface area contributed by atoms with E-state index in [0.717, 1.165) is 26.5 Å². The highest BCUT2D eigenvalue weighted by atomic mass is 32.2. The summed E-state index contributed by atoms with van der Waals surface area (Å²) < 4.78 is 10.8. The molecule has 152 valence electrons. The third-order valence-corrected chi connectivity index (χ3v) is 6.42. The van der Waals surface area contributed by atoms with E-state index in [0.29, 0.717) is 22.5 Å². The molecule has 0 aliphatic carbocycles. The molecule has 0 saturated carbocycles. The number of nitrogens with zero attached hydrogens (tertiary/aromatic N) is 1. The molecule has 4 aromatic rings. The van der Waals surface area contributed by atoms with Gasteiger partial charge in [-0.05, 0) is 37.6 Å². The number of aryl methyl sites for hydroxylation is 2. The summed E-state index contributed by atoms with van der Waals surface area (Å²) >= 11 is 3.16. The van der Waals surface area contributed by atoms with Gasteiger partial charge in [0.15, 0.2) is 0 Å². The van der Waals surface area contributed by atoms with E-state index in [1.54, 1.807) is 35.2 Å². The number of rotatable bonds is 6. The first kappa shape index (κ1) is 20.4. The second-order valence-corrected chi connectivity index (χ2v) is 8.89. The SMILES string of the molecule is Cc1ccc2c(COC(=O)c3ccccc3SCc3csc(C)n3)cc(=O)oc2c1. The fourth-order valence-corrected chi connectivity index (χ4v) is 4.72. The van der Waals surface area contributed by atoms with Crippen LogP contribution < -0.4 is 5.63 Å². The van der Waals surface area contributed by atoms with Crippen LogP contribution in [0.1, 0.15) is 32.2 Å². The third kappa shape index (κ3) is 4.63. The molecule has 0 radical (unpaired) electrons. The van der Waals surface area contributed by atoms with Gasteiger partial charge in [-0.15, -0.1) is 23.1 Å². The zero-order valence-electron chi connectivity index (χ0n) is 16.5. The Morgan fingerprint density at radius 2 is 2.00 bits per heavy atom. The first-order valence-electron chi connectivity index (χ1n) is 9.33. The number of hydrogen-bond donors (Lipinski definition) is 0. The molecule has 2 heterocycles. The molecule has 0 aliphatic rings. The fraction of sp³-hybridized carbons (Fsp3) is 0.174. The van der Waals surface area contributed by atoms with Crippen LogP contribution in [0.3, 0.4) is 0 Å². The molecule has 7 heteroatoms. The van der Waals surface area contributed by atoms with Crippen molar-refractivity contribution in [2.45, 2.75) is 31.1 Å². The largest absolute Gasteiger partial charge is 0.457 e. The number of aromatic nitrogens is 1. The van der Waals surface area contributed by atoms with Crippen molar-refractivity contribution < 1.29 is 13.9 Å². The number of carbonyl (C=O) groups excluding carboxylic acids is 1. The number of esters is 1. The predicted octanol–water partition coefficient (Wildman–Crippen LogP) is 5.52. The number of benzene rings is 2. The lowest BCUT2D eigenvalue weighted by Gasteiger charge is -2.10. The van der Waals surface area contributed by atoms with Gasteiger partial charge >= 0.3 is 11.6 Å².